The lowest BCUT2D eigenvalue weighted by Crippen LogP contribution is -2.29. The molecule has 0 spiro atoms. The predicted molar refractivity (Wildman–Crippen MR) is 75.6 cm³/mol. The quantitative estimate of drug-likeness (QED) is 0.880. The maximum Gasteiger partial charge on any atom is 0.325 e. The van der Waals surface area contributed by atoms with E-state index >= 15 is 0 Å². The second-order valence-electron chi connectivity index (χ2n) is 4.94. The Morgan fingerprint density at radius 1 is 1.00 bits per heavy atom. The molecule has 4 heteroatoms. The van der Waals surface area contributed by atoms with Crippen LogP contribution in [-0.2, 0) is 12.8 Å². The smallest absolute Gasteiger partial charge is 0.311 e. The predicted octanol–water partition coefficient (Wildman–Crippen LogP) is 1.97. The van der Waals surface area contributed by atoms with E-state index in [2.05, 4.69) is 9.97 Å². The summed E-state index contributed by atoms with van der Waals surface area (Å²) in [6, 6.07) is 10.0. The van der Waals surface area contributed by atoms with Crippen LogP contribution in [0.2, 0.25) is 0 Å². The molecule has 0 saturated heterocycles. The molecule has 1 aromatic heterocycles. The molecule has 1 aromatic carbocycles. The molecule has 4 nitrogen and oxygen atoms in total. The lowest BCUT2D eigenvalue weighted by Gasteiger charge is -2.10. The van der Waals surface area contributed by atoms with Gasteiger partial charge in [-0.3, -0.25) is 9.78 Å². The van der Waals surface area contributed by atoms with Crippen LogP contribution >= 0.6 is 0 Å². The molecule has 1 heterocycles. The second-order valence-corrected chi connectivity index (χ2v) is 4.94. The van der Waals surface area contributed by atoms with Crippen molar-refractivity contribution in [2.45, 2.75) is 32.6 Å². The zero-order valence-corrected chi connectivity index (χ0v) is 11.2. The summed E-state index contributed by atoms with van der Waals surface area (Å²) >= 11 is 0. The Morgan fingerprint density at radius 3 is 2.32 bits per heavy atom. The molecule has 2 aromatic rings. The normalized spacial score (nSPS) is 10.9. The van der Waals surface area contributed by atoms with E-state index in [0.717, 1.165) is 12.1 Å². The highest BCUT2D eigenvalue weighted by Gasteiger charge is 2.12. The Labute approximate surface area is 111 Å². The molecule has 0 aliphatic rings. The first-order valence-corrected chi connectivity index (χ1v) is 6.47. The van der Waals surface area contributed by atoms with Gasteiger partial charge in [0.25, 0.3) is 5.56 Å². The van der Waals surface area contributed by atoms with Crippen molar-refractivity contribution in [3.8, 4) is 0 Å². The van der Waals surface area contributed by atoms with Crippen LogP contribution < -0.4 is 11.2 Å². The molecular weight excluding hydrogens is 240 g/mol. The molecule has 19 heavy (non-hydrogen) atoms. The van der Waals surface area contributed by atoms with Crippen LogP contribution in [-0.4, -0.2) is 9.97 Å². The second kappa shape index (κ2) is 5.69. The van der Waals surface area contributed by atoms with Gasteiger partial charge in [0, 0.05) is 11.3 Å². The third-order valence-corrected chi connectivity index (χ3v) is 3.15. The number of nitrogens with one attached hydrogen (secondary N) is 2. The highest BCUT2D eigenvalue weighted by atomic mass is 16.2. The summed E-state index contributed by atoms with van der Waals surface area (Å²) in [5.41, 5.74) is 1.90. The molecular formula is C15H18N2O2. The number of H-pyrrole nitrogens is 2. The monoisotopic (exact) mass is 258 g/mol. The number of benzene rings is 1. The lowest BCUT2D eigenvalue weighted by atomic mass is 9.99. The van der Waals surface area contributed by atoms with E-state index < -0.39 is 5.69 Å². The maximum absolute atomic E-state index is 11.8. The average Bonchev–Trinajstić information content (AvgIpc) is 2.36. The summed E-state index contributed by atoms with van der Waals surface area (Å²) in [7, 11) is 0. The van der Waals surface area contributed by atoms with Crippen molar-refractivity contribution in [1.29, 1.82) is 0 Å². The third-order valence-electron chi connectivity index (χ3n) is 3.15. The highest BCUT2D eigenvalue weighted by Crippen LogP contribution is 2.14. The van der Waals surface area contributed by atoms with E-state index in [1.807, 2.05) is 44.2 Å². The number of aromatic nitrogens is 2. The summed E-state index contributed by atoms with van der Waals surface area (Å²) < 4.78 is 0. The number of hydrogen-bond donors (Lipinski definition) is 2. The standard InChI is InChI=1S/C15H18N2O2/c1-10(2)13-12(16-15(19)17-14(13)18)9-8-11-6-4-3-5-7-11/h3-7,10H,8-9H2,1-2H3,(H2,16,17,18,19). The van der Waals surface area contributed by atoms with Crippen molar-refractivity contribution < 1.29 is 0 Å². The van der Waals surface area contributed by atoms with Crippen molar-refractivity contribution in [3.05, 3.63) is 68.0 Å². The van der Waals surface area contributed by atoms with Crippen LogP contribution in [0.5, 0.6) is 0 Å². The van der Waals surface area contributed by atoms with Crippen molar-refractivity contribution in [2.75, 3.05) is 0 Å². The van der Waals surface area contributed by atoms with Crippen molar-refractivity contribution in [2.24, 2.45) is 0 Å². The molecule has 0 saturated carbocycles. The van der Waals surface area contributed by atoms with Crippen molar-refractivity contribution in [1.82, 2.24) is 9.97 Å². The van der Waals surface area contributed by atoms with Crippen molar-refractivity contribution in [3.63, 3.8) is 0 Å². The minimum Gasteiger partial charge on any atom is -0.311 e. The van der Waals surface area contributed by atoms with Gasteiger partial charge < -0.3 is 4.98 Å². The molecule has 2 rings (SSSR count). The summed E-state index contributed by atoms with van der Waals surface area (Å²) in [6.07, 6.45) is 1.47. The van der Waals surface area contributed by atoms with Gasteiger partial charge in [-0.15, -0.1) is 0 Å². The molecule has 2 N–H and O–H groups in total. The Kier molecular flexibility index (Phi) is 4.00. The molecule has 0 unspecified atom stereocenters. The van der Waals surface area contributed by atoms with Gasteiger partial charge in [-0.25, -0.2) is 4.79 Å². The van der Waals surface area contributed by atoms with Crippen molar-refractivity contribution >= 4 is 0 Å². The molecule has 100 valence electrons. The van der Waals surface area contributed by atoms with Crippen LogP contribution in [0.3, 0.4) is 0 Å². The Bertz CT molecular complexity index is 654. The SMILES string of the molecule is CC(C)c1c(CCc2ccccc2)[nH]c(=O)[nH]c1=O. The molecule has 0 aliphatic heterocycles. The molecule has 0 fully saturated rings. The topological polar surface area (TPSA) is 65.7 Å². The number of aryl methyl sites for hydroxylation is 2. The first-order chi connectivity index (χ1) is 9.08. The van der Waals surface area contributed by atoms with Gasteiger partial charge in [-0.1, -0.05) is 44.2 Å². The Balaban J connectivity index is 2.29. The van der Waals surface area contributed by atoms with Crippen LogP contribution in [0.25, 0.3) is 0 Å². The number of aromatic amines is 2. The van der Waals surface area contributed by atoms with Gasteiger partial charge in [0.1, 0.15) is 0 Å². The van der Waals surface area contributed by atoms with Crippen LogP contribution in [0, 0.1) is 0 Å². The zero-order valence-electron chi connectivity index (χ0n) is 11.2. The summed E-state index contributed by atoms with van der Waals surface area (Å²) in [6.45, 7) is 3.91. The average molecular weight is 258 g/mol. The largest absolute Gasteiger partial charge is 0.325 e. The summed E-state index contributed by atoms with van der Waals surface area (Å²) in [5.74, 6) is 0.0892. The van der Waals surface area contributed by atoms with E-state index in [1.54, 1.807) is 0 Å². The minimum atomic E-state index is -0.433. The van der Waals surface area contributed by atoms with Gasteiger partial charge in [0.05, 0.1) is 0 Å². The van der Waals surface area contributed by atoms with E-state index in [0.29, 0.717) is 12.0 Å². The van der Waals surface area contributed by atoms with Gasteiger partial charge in [-0.2, -0.15) is 0 Å². The Hall–Kier alpha value is -2.10. The van der Waals surface area contributed by atoms with Crippen LogP contribution in [0.1, 0.15) is 36.6 Å². The fourth-order valence-corrected chi connectivity index (χ4v) is 2.26. The van der Waals surface area contributed by atoms with E-state index in [9.17, 15) is 9.59 Å². The van der Waals surface area contributed by atoms with Gasteiger partial charge in [-0.05, 0) is 24.3 Å². The summed E-state index contributed by atoms with van der Waals surface area (Å²) in [4.78, 5) is 28.3. The fraction of sp³-hybridized carbons (Fsp3) is 0.333. The number of rotatable bonds is 4. The first kappa shape index (κ1) is 13.3. The first-order valence-electron chi connectivity index (χ1n) is 6.47. The third kappa shape index (κ3) is 3.22. The van der Waals surface area contributed by atoms with E-state index in [1.165, 1.54) is 5.56 Å². The molecule has 0 aliphatic carbocycles. The Morgan fingerprint density at radius 2 is 1.68 bits per heavy atom. The molecule has 0 atom stereocenters. The van der Waals surface area contributed by atoms with Crippen LogP contribution in [0.15, 0.2) is 39.9 Å². The van der Waals surface area contributed by atoms with E-state index in [-0.39, 0.29) is 11.5 Å². The zero-order chi connectivity index (χ0) is 13.8. The number of hydrogen-bond acceptors (Lipinski definition) is 2. The summed E-state index contributed by atoms with van der Waals surface area (Å²) in [5, 5.41) is 0. The van der Waals surface area contributed by atoms with Gasteiger partial charge in [0.15, 0.2) is 0 Å². The molecule has 0 bridgehead atoms. The van der Waals surface area contributed by atoms with Gasteiger partial charge >= 0.3 is 5.69 Å². The minimum absolute atomic E-state index is 0.0892. The molecule has 0 radical (unpaired) electrons. The highest BCUT2D eigenvalue weighted by molar-refractivity contribution is 5.22. The maximum atomic E-state index is 11.8. The molecule has 0 amide bonds. The van der Waals surface area contributed by atoms with E-state index in [4.69, 9.17) is 0 Å². The lowest BCUT2D eigenvalue weighted by molar-refractivity contribution is 0.764. The van der Waals surface area contributed by atoms with Crippen LogP contribution in [0.4, 0.5) is 0 Å². The fourth-order valence-electron chi connectivity index (χ4n) is 2.26. The van der Waals surface area contributed by atoms with Gasteiger partial charge in [0.2, 0.25) is 0 Å².